The van der Waals surface area contributed by atoms with E-state index in [-0.39, 0.29) is 23.1 Å². The lowest BCUT2D eigenvalue weighted by molar-refractivity contribution is 0.0933. The summed E-state index contributed by atoms with van der Waals surface area (Å²) in [5.41, 5.74) is 3.63. The molecule has 3 aromatic rings. The maximum absolute atomic E-state index is 12.7. The van der Waals surface area contributed by atoms with E-state index in [2.05, 4.69) is 60.4 Å². The number of carbonyl (C=O) groups excluding carboxylic acids is 1. The van der Waals surface area contributed by atoms with Crippen molar-refractivity contribution < 1.29 is 14.1 Å². The van der Waals surface area contributed by atoms with Crippen LogP contribution < -0.4 is 10.1 Å². The summed E-state index contributed by atoms with van der Waals surface area (Å²) in [6, 6.07) is 17.7. The van der Waals surface area contributed by atoms with Crippen molar-refractivity contribution in [3.8, 4) is 17.1 Å². The summed E-state index contributed by atoms with van der Waals surface area (Å²) < 4.78 is 10.5. The van der Waals surface area contributed by atoms with Gasteiger partial charge in [0.2, 0.25) is 0 Å². The molecule has 1 atom stereocenters. The fourth-order valence-corrected chi connectivity index (χ4v) is 3.36. The molecule has 1 amide bonds. The molecule has 1 heterocycles. The molecular weight excluding hydrogens is 390 g/mol. The molecule has 3 rings (SSSR count). The van der Waals surface area contributed by atoms with Crippen molar-refractivity contribution in [1.82, 2.24) is 15.4 Å². The van der Waals surface area contributed by atoms with Gasteiger partial charge in [-0.25, -0.2) is 0 Å². The first kappa shape index (κ1) is 22.6. The van der Waals surface area contributed by atoms with Crippen molar-refractivity contribution in [2.45, 2.75) is 32.2 Å². The van der Waals surface area contributed by atoms with Gasteiger partial charge in [0, 0.05) is 18.2 Å². The number of benzene rings is 2. The van der Waals surface area contributed by atoms with Crippen molar-refractivity contribution in [3.05, 3.63) is 71.4 Å². The van der Waals surface area contributed by atoms with E-state index in [1.807, 2.05) is 38.4 Å². The number of amides is 1. The van der Waals surface area contributed by atoms with Gasteiger partial charge in [-0.3, -0.25) is 4.79 Å². The van der Waals surface area contributed by atoms with Crippen molar-refractivity contribution in [2.24, 2.45) is 0 Å². The lowest BCUT2D eigenvalue weighted by Gasteiger charge is -2.26. The van der Waals surface area contributed by atoms with E-state index in [1.165, 1.54) is 5.56 Å². The highest BCUT2D eigenvalue weighted by Gasteiger charge is 2.20. The molecule has 0 radical (unpaired) electrons. The van der Waals surface area contributed by atoms with Crippen LogP contribution in [0.1, 0.15) is 48.4 Å². The minimum Gasteiger partial charge on any atom is -0.497 e. The fourth-order valence-electron chi connectivity index (χ4n) is 3.36. The van der Waals surface area contributed by atoms with E-state index >= 15 is 0 Å². The number of rotatable bonds is 7. The third kappa shape index (κ3) is 5.52. The zero-order valence-corrected chi connectivity index (χ0v) is 19.1. The lowest BCUT2D eigenvalue weighted by Crippen LogP contribution is -2.34. The number of hydrogen-bond donors (Lipinski definition) is 1. The SMILES string of the molecule is COc1ccc(-c2cc(C(=O)NCC(c3ccc(C(C)(C)C)cc3)N(C)C)no2)cc1. The molecule has 164 valence electrons. The molecule has 1 N–H and O–H groups in total. The first-order valence-electron chi connectivity index (χ1n) is 10.3. The van der Waals surface area contributed by atoms with Crippen LogP contribution in [0.2, 0.25) is 0 Å². The summed E-state index contributed by atoms with van der Waals surface area (Å²) in [7, 11) is 5.63. The van der Waals surface area contributed by atoms with Crippen LogP contribution in [-0.4, -0.2) is 43.7 Å². The lowest BCUT2D eigenvalue weighted by atomic mass is 9.86. The Morgan fingerprint density at radius 2 is 1.74 bits per heavy atom. The number of methoxy groups -OCH3 is 1. The molecule has 31 heavy (non-hydrogen) atoms. The van der Waals surface area contributed by atoms with Crippen LogP contribution >= 0.6 is 0 Å². The summed E-state index contributed by atoms with van der Waals surface area (Å²) >= 11 is 0. The quantitative estimate of drug-likeness (QED) is 0.600. The minimum absolute atomic E-state index is 0.0472. The van der Waals surface area contributed by atoms with Crippen LogP contribution in [0, 0.1) is 0 Å². The minimum atomic E-state index is -0.262. The number of ether oxygens (including phenoxy) is 1. The molecule has 0 saturated carbocycles. The topological polar surface area (TPSA) is 67.6 Å². The first-order valence-corrected chi connectivity index (χ1v) is 10.3. The third-order valence-electron chi connectivity index (χ3n) is 5.36. The number of aromatic nitrogens is 1. The van der Waals surface area contributed by atoms with Gasteiger partial charge < -0.3 is 19.5 Å². The number of likely N-dealkylation sites (N-methyl/N-ethyl adjacent to an activating group) is 1. The van der Waals surface area contributed by atoms with E-state index in [0.29, 0.717) is 12.3 Å². The molecule has 0 spiro atoms. The average molecular weight is 422 g/mol. The molecular formula is C25H31N3O3. The van der Waals surface area contributed by atoms with E-state index in [4.69, 9.17) is 9.26 Å². The summed E-state index contributed by atoms with van der Waals surface area (Å²) in [5.74, 6) is 1.03. The van der Waals surface area contributed by atoms with E-state index < -0.39 is 0 Å². The molecule has 1 aromatic heterocycles. The molecule has 2 aromatic carbocycles. The summed E-state index contributed by atoms with van der Waals surface area (Å²) in [4.78, 5) is 14.8. The second-order valence-electron chi connectivity index (χ2n) is 8.87. The molecule has 0 aliphatic heterocycles. The van der Waals surface area contributed by atoms with Gasteiger partial charge in [0.1, 0.15) is 5.75 Å². The molecule has 0 fully saturated rings. The van der Waals surface area contributed by atoms with Gasteiger partial charge in [-0.05, 0) is 54.9 Å². The first-order chi connectivity index (χ1) is 14.7. The highest BCUT2D eigenvalue weighted by molar-refractivity contribution is 5.93. The van der Waals surface area contributed by atoms with Gasteiger partial charge in [-0.15, -0.1) is 0 Å². The number of hydrogen-bond acceptors (Lipinski definition) is 5. The van der Waals surface area contributed by atoms with Crippen LogP contribution in [0.3, 0.4) is 0 Å². The highest BCUT2D eigenvalue weighted by Crippen LogP contribution is 2.26. The molecule has 6 nitrogen and oxygen atoms in total. The Hall–Kier alpha value is -3.12. The predicted octanol–water partition coefficient (Wildman–Crippen LogP) is 4.68. The van der Waals surface area contributed by atoms with E-state index in [0.717, 1.165) is 16.9 Å². The highest BCUT2D eigenvalue weighted by atomic mass is 16.5. The number of carbonyl (C=O) groups is 1. The Balaban J connectivity index is 1.67. The Kier molecular flexibility index (Phi) is 6.81. The Morgan fingerprint density at radius 3 is 2.29 bits per heavy atom. The smallest absolute Gasteiger partial charge is 0.273 e. The van der Waals surface area contributed by atoms with Gasteiger partial charge in [-0.2, -0.15) is 0 Å². The van der Waals surface area contributed by atoms with Crippen molar-refractivity contribution in [2.75, 3.05) is 27.7 Å². The zero-order chi connectivity index (χ0) is 22.6. The van der Waals surface area contributed by atoms with Gasteiger partial charge in [0.05, 0.1) is 13.2 Å². The fraction of sp³-hybridized carbons (Fsp3) is 0.360. The van der Waals surface area contributed by atoms with Gasteiger partial charge >= 0.3 is 0 Å². The maximum Gasteiger partial charge on any atom is 0.273 e. The molecule has 0 aliphatic rings. The third-order valence-corrected chi connectivity index (χ3v) is 5.36. The summed E-state index contributed by atoms with van der Waals surface area (Å²) in [5, 5.41) is 6.92. The van der Waals surface area contributed by atoms with Gasteiger partial charge in [0.25, 0.3) is 5.91 Å². The average Bonchev–Trinajstić information content (AvgIpc) is 3.24. The van der Waals surface area contributed by atoms with Crippen LogP contribution in [0.5, 0.6) is 5.75 Å². The summed E-state index contributed by atoms with van der Waals surface area (Å²) in [6.45, 7) is 7.06. The molecule has 1 unspecified atom stereocenters. The second kappa shape index (κ2) is 9.35. The number of nitrogens with one attached hydrogen (secondary N) is 1. The van der Waals surface area contributed by atoms with Gasteiger partial charge in [0.15, 0.2) is 11.5 Å². The summed E-state index contributed by atoms with van der Waals surface area (Å²) in [6.07, 6.45) is 0. The van der Waals surface area contributed by atoms with Crippen LogP contribution in [0.25, 0.3) is 11.3 Å². The molecule has 0 aliphatic carbocycles. The zero-order valence-electron chi connectivity index (χ0n) is 19.1. The maximum atomic E-state index is 12.7. The van der Waals surface area contributed by atoms with Crippen molar-refractivity contribution in [1.29, 1.82) is 0 Å². The monoisotopic (exact) mass is 421 g/mol. The second-order valence-corrected chi connectivity index (χ2v) is 8.87. The Morgan fingerprint density at radius 1 is 1.10 bits per heavy atom. The molecule has 0 saturated heterocycles. The molecule has 6 heteroatoms. The van der Waals surface area contributed by atoms with Crippen molar-refractivity contribution >= 4 is 5.91 Å². The van der Waals surface area contributed by atoms with E-state index in [9.17, 15) is 4.79 Å². The normalized spacial score (nSPS) is 12.6. The van der Waals surface area contributed by atoms with Crippen molar-refractivity contribution in [3.63, 3.8) is 0 Å². The standard InChI is InChI=1S/C25H31N3O3/c1-25(2,3)19-11-7-17(8-12-19)22(28(4)5)16-26-24(29)21-15-23(31-27-21)18-9-13-20(30-6)14-10-18/h7-15,22H,16H2,1-6H3,(H,26,29). The Bertz CT molecular complexity index is 1000. The molecule has 0 bridgehead atoms. The number of nitrogens with zero attached hydrogens (tertiary/aromatic N) is 2. The Labute approximate surface area is 184 Å². The van der Waals surface area contributed by atoms with Crippen LogP contribution in [-0.2, 0) is 5.41 Å². The predicted molar refractivity (Wildman–Crippen MR) is 122 cm³/mol. The van der Waals surface area contributed by atoms with Gasteiger partial charge in [-0.1, -0.05) is 50.2 Å². The van der Waals surface area contributed by atoms with Crippen LogP contribution in [0.15, 0.2) is 59.1 Å². The van der Waals surface area contributed by atoms with E-state index in [1.54, 1.807) is 13.2 Å². The van der Waals surface area contributed by atoms with Crippen LogP contribution in [0.4, 0.5) is 0 Å². The largest absolute Gasteiger partial charge is 0.497 e.